The van der Waals surface area contributed by atoms with Gasteiger partial charge in [0.1, 0.15) is 5.82 Å². The van der Waals surface area contributed by atoms with Crippen LogP contribution in [0.25, 0.3) is 0 Å². The van der Waals surface area contributed by atoms with Crippen LogP contribution in [-0.2, 0) is 9.53 Å². The summed E-state index contributed by atoms with van der Waals surface area (Å²) in [4.78, 5) is 21.8. The van der Waals surface area contributed by atoms with Gasteiger partial charge in [-0.05, 0) is 25.1 Å². The number of hydrogen-bond donors (Lipinski definition) is 2. The van der Waals surface area contributed by atoms with Crippen molar-refractivity contribution in [1.82, 2.24) is 0 Å². The number of benzene rings is 1. The van der Waals surface area contributed by atoms with Gasteiger partial charge in [0, 0.05) is 5.69 Å². The largest absolute Gasteiger partial charge is 0.479 e. The third-order valence-corrected chi connectivity index (χ3v) is 1.79. The van der Waals surface area contributed by atoms with Crippen molar-refractivity contribution in [3.8, 4) is 0 Å². The van der Waals surface area contributed by atoms with Crippen LogP contribution in [0, 0.1) is 5.82 Å². The molecule has 0 aliphatic heterocycles. The Morgan fingerprint density at radius 3 is 2.56 bits per heavy atom. The summed E-state index contributed by atoms with van der Waals surface area (Å²) in [7, 11) is 0. The van der Waals surface area contributed by atoms with Gasteiger partial charge in [0.05, 0.1) is 5.56 Å². The predicted octanol–water partition coefficient (Wildman–Crippen LogP) is 1.04. The minimum absolute atomic E-state index is 0.0647. The quantitative estimate of drug-likeness (QED) is 0.594. The van der Waals surface area contributed by atoms with Gasteiger partial charge in [-0.2, -0.15) is 0 Å². The van der Waals surface area contributed by atoms with Crippen LogP contribution in [-0.4, -0.2) is 23.1 Å². The van der Waals surface area contributed by atoms with Crippen molar-refractivity contribution in [3.63, 3.8) is 0 Å². The van der Waals surface area contributed by atoms with Crippen molar-refractivity contribution in [1.29, 1.82) is 0 Å². The van der Waals surface area contributed by atoms with Gasteiger partial charge in [-0.15, -0.1) is 0 Å². The third-order valence-electron chi connectivity index (χ3n) is 1.79. The molecule has 0 amide bonds. The molecule has 1 aromatic carbocycles. The molecule has 0 aliphatic carbocycles. The Kier molecular flexibility index (Phi) is 3.44. The van der Waals surface area contributed by atoms with E-state index in [0.29, 0.717) is 0 Å². The summed E-state index contributed by atoms with van der Waals surface area (Å²) in [5.41, 5.74) is 5.27. The fourth-order valence-electron chi connectivity index (χ4n) is 1.01. The summed E-state index contributed by atoms with van der Waals surface area (Å²) in [6.45, 7) is 1.20. The summed E-state index contributed by atoms with van der Waals surface area (Å²) in [6.07, 6.45) is -1.29. The van der Waals surface area contributed by atoms with Crippen LogP contribution in [0.4, 0.5) is 10.1 Å². The molecule has 1 unspecified atom stereocenters. The van der Waals surface area contributed by atoms with Crippen LogP contribution in [0.3, 0.4) is 0 Å². The zero-order chi connectivity index (χ0) is 12.3. The molecular formula is C10H10FNO4. The fraction of sp³-hybridized carbons (Fsp3) is 0.200. The SMILES string of the molecule is CC(OC(=O)c1cc(N)cc(F)c1)C(=O)O. The van der Waals surface area contributed by atoms with Crippen LogP contribution < -0.4 is 5.73 Å². The molecule has 1 aromatic rings. The van der Waals surface area contributed by atoms with E-state index >= 15 is 0 Å². The van der Waals surface area contributed by atoms with Crippen LogP contribution in [0.1, 0.15) is 17.3 Å². The average Bonchev–Trinajstić information content (AvgIpc) is 2.15. The minimum atomic E-state index is -1.29. The molecule has 16 heavy (non-hydrogen) atoms. The molecule has 0 saturated heterocycles. The van der Waals surface area contributed by atoms with E-state index in [1.807, 2.05) is 0 Å². The molecule has 6 heteroatoms. The number of aliphatic carboxylic acids is 1. The Morgan fingerprint density at radius 1 is 1.44 bits per heavy atom. The standard InChI is InChI=1S/C10H10FNO4/c1-5(9(13)14)16-10(15)6-2-7(11)4-8(12)3-6/h2-5H,12H2,1H3,(H,13,14). The van der Waals surface area contributed by atoms with E-state index in [9.17, 15) is 14.0 Å². The molecule has 0 aromatic heterocycles. The maximum Gasteiger partial charge on any atom is 0.344 e. The lowest BCUT2D eigenvalue weighted by Gasteiger charge is -2.08. The number of hydrogen-bond acceptors (Lipinski definition) is 4. The Morgan fingerprint density at radius 2 is 2.06 bits per heavy atom. The van der Waals surface area contributed by atoms with Gasteiger partial charge in [0.2, 0.25) is 0 Å². The van der Waals surface area contributed by atoms with E-state index in [1.165, 1.54) is 13.0 Å². The first kappa shape index (κ1) is 12.0. The summed E-state index contributed by atoms with van der Waals surface area (Å²) < 4.78 is 17.4. The molecule has 0 fully saturated rings. The fourth-order valence-corrected chi connectivity index (χ4v) is 1.01. The highest BCUT2D eigenvalue weighted by atomic mass is 19.1. The highest BCUT2D eigenvalue weighted by Crippen LogP contribution is 2.12. The third kappa shape index (κ3) is 2.94. The molecule has 86 valence electrons. The van der Waals surface area contributed by atoms with Crippen LogP contribution >= 0.6 is 0 Å². The summed E-state index contributed by atoms with van der Waals surface area (Å²) in [6, 6.07) is 3.17. The number of anilines is 1. The second-order valence-electron chi connectivity index (χ2n) is 3.16. The van der Waals surface area contributed by atoms with E-state index in [0.717, 1.165) is 12.1 Å². The molecule has 1 atom stereocenters. The van der Waals surface area contributed by atoms with Crippen molar-refractivity contribution in [2.24, 2.45) is 0 Å². The number of nitrogens with two attached hydrogens (primary N) is 1. The van der Waals surface area contributed by atoms with Gasteiger partial charge in [0.25, 0.3) is 0 Å². The normalized spacial score (nSPS) is 11.9. The van der Waals surface area contributed by atoms with Gasteiger partial charge in [0.15, 0.2) is 6.10 Å². The lowest BCUT2D eigenvalue weighted by molar-refractivity contribution is -0.146. The van der Waals surface area contributed by atoms with E-state index in [1.54, 1.807) is 0 Å². The monoisotopic (exact) mass is 227 g/mol. The van der Waals surface area contributed by atoms with Gasteiger partial charge >= 0.3 is 11.9 Å². The lowest BCUT2D eigenvalue weighted by atomic mass is 10.2. The second-order valence-corrected chi connectivity index (χ2v) is 3.16. The highest BCUT2D eigenvalue weighted by molar-refractivity contribution is 5.92. The zero-order valence-electron chi connectivity index (χ0n) is 8.44. The predicted molar refractivity (Wildman–Crippen MR) is 53.3 cm³/mol. The van der Waals surface area contributed by atoms with Crippen LogP contribution in [0.5, 0.6) is 0 Å². The second kappa shape index (κ2) is 4.61. The first-order chi connectivity index (χ1) is 7.40. The molecule has 5 nitrogen and oxygen atoms in total. The zero-order valence-corrected chi connectivity index (χ0v) is 8.44. The Labute approximate surface area is 90.6 Å². The summed E-state index contributed by atoms with van der Waals surface area (Å²) in [5, 5.41) is 8.51. The molecule has 0 bridgehead atoms. The number of rotatable bonds is 3. The van der Waals surface area contributed by atoms with E-state index < -0.39 is 23.9 Å². The molecule has 1 rings (SSSR count). The van der Waals surface area contributed by atoms with Crippen molar-refractivity contribution >= 4 is 17.6 Å². The lowest BCUT2D eigenvalue weighted by Crippen LogP contribution is -2.23. The van der Waals surface area contributed by atoms with Crippen LogP contribution in [0.2, 0.25) is 0 Å². The number of carboxylic acids is 1. The van der Waals surface area contributed by atoms with E-state index in [2.05, 4.69) is 4.74 Å². The van der Waals surface area contributed by atoms with Gasteiger partial charge < -0.3 is 15.6 Å². The number of esters is 1. The van der Waals surface area contributed by atoms with Crippen molar-refractivity contribution in [2.75, 3.05) is 5.73 Å². The molecule has 0 radical (unpaired) electrons. The highest BCUT2D eigenvalue weighted by Gasteiger charge is 2.18. The van der Waals surface area contributed by atoms with Crippen molar-refractivity contribution in [2.45, 2.75) is 13.0 Å². The molecule has 0 spiro atoms. The Hall–Kier alpha value is -2.11. The number of carbonyl (C=O) groups excluding carboxylic acids is 1. The average molecular weight is 227 g/mol. The first-order valence-corrected chi connectivity index (χ1v) is 4.40. The van der Waals surface area contributed by atoms with Crippen molar-refractivity contribution in [3.05, 3.63) is 29.6 Å². The smallest absolute Gasteiger partial charge is 0.344 e. The van der Waals surface area contributed by atoms with Crippen molar-refractivity contribution < 1.29 is 23.8 Å². The first-order valence-electron chi connectivity index (χ1n) is 4.40. The van der Waals surface area contributed by atoms with Gasteiger partial charge in [-0.3, -0.25) is 0 Å². The topological polar surface area (TPSA) is 89.6 Å². The number of ether oxygens (including phenoxy) is 1. The molecule has 0 aliphatic rings. The van der Waals surface area contributed by atoms with E-state index in [4.69, 9.17) is 10.8 Å². The van der Waals surface area contributed by atoms with Crippen LogP contribution in [0.15, 0.2) is 18.2 Å². The maximum absolute atomic E-state index is 12.9. The van der Waals surface area contributed by atoms with Gasteiger partial charge in [-0.25, -0.2) is 14.0 Å². The number of nitrogen functional groups attached to an aromatic ring is 1. The molecule has 3 N–H and O–H groups in total. The maximum atomic E-state index is 12.9. The van der Waals surface area contributed by atoms with Gasteiger partial charge in [-0.1, -0.05) is 0 Å². The van der Waals surface area contributed by atoms with E-state index in [-0.39, 0.29) is 11.3 Å². The molecule has 0 saturated carbocycles. The molecular weight excluding hydrogens is 217 g/mol. The Balaban J connectivity index is 2.84. The summed E-state index contributed by atoms with van der Waals surface area (Å²) >= 11 is 0. The molecule has 0 heterocycles. The minimum Gasteiger partial charge on any atom is -0.479 e. The summed E-state index contributed by atoms with van der Waals surface area (Å²) in [5.74, 6) is -2.89. The number of halogens is 1. The number of carbonyl (C=O) groups is 2. The number of carboxylic acid groups (broad SMARTS) is 1. The Bertz CT molecular complexity index is 413.